The van der Waals surface area contributed by atoms with Gasteiger partial charge in [0.2, 0.25) is 10.0 Å². The van der Waals surface area contributed by atoms with Crippen LogP contribution >= 0.6 is 0 Å². The zero-order valence-electron chi connectivity index (χ0n) is 17.6. The Balaban J connectivity index is 1.94. The molecule has 0 fully saturated rings. The van der Waals surface area contributed by atoms with Gasteiger partial charge >= 0.3 is 5.97 Å². The van der Waals surface area contributed by atoms with E-state index in [1.54, 1.807) is 19.9 Å². The molecule has 0 aliphatic heterocycles. The summed E-state index contributed by atoms with van der Waals surface area (Å²) in [5.74, 6) is -1.42. The molecule has 0 heterocycles. The van der Waals surface area contributed by atoms with Crippen LogP contribution in [0.1, 0.15) is 26.3 Å². The average Bonchev–Trinajstić information content (AvgIpc) is 2.72. The molecule has 170 valence electrons. The number of hydrogen-bond donors (Lipinski definition) is 2. The van der Waals surface area contributed by atoms with Gasteiger partial charge in [0.25, 0.3) is 11.6 Å². The summed E-state index contributed by atoms with van der Waals surface area (Å²) in [5, 5.41) is 13.3. The summed E-state index contributed by atoms with van der Waals surface area (Å²) in [6.45, 7) is 4.78. The first-order valence-electron chi connectivity index (χ1n) is 9.54. The summed E-state index contributed by atoms with van der Waals surface area (Å²) < 4.78 is 31.7. The van der Waals surface area contributed by atoms with Gasteiger partial charge in [0.1, 0.15) is 0 Å². The van der Waals surface area contributed by atoms with Crippen LogP contribution in [0.4, 0.5) is 11.4 Å². The molecule has 0 aliphatic carbocycles. The van der Waals surface area contributed by atoms with Crippen molar-refractivity contribution in [1.82, 2.24) is 4.72 Å². The highest BCUT2D eigenvalue weighted by Crippen LogP contribution is 2.16. The molecule has 0 aliphatic rings. The Kier molecular flexibility index (Phi) is 8.21. The second-order valence-electron chi connectivity index (χ2n) is 7.05. The minimum Gasteiger partial charge on any atom is -0.449 e. The van der Waals surface area contributed by atoms with Crippen molar-refractivity contribution in [3.63, 3.8) is 0 Å². The normalized spacial score (nSPS) is 12.5. The molecule has 1 atom stereocenters. The number of amides is 1. The molecule has 2 aromatic rings. The number of nitro benzene ring substituents is 1. The van der Waals surface area contributed by atoms with Crippen LogP contribution in [0, 0.1) is 10.1 Å². The molecule has 0 radical (unpaired) electrons. The predicted octanol–water partition coefficient (Wildman–Crippen LogP) is 2.87. The van der Waals surface area contributed by atoms with Crippen LogP contribution in [0.2, 0.25) is 0 Å². The number of carbonyl (C=O) groups excluding carboxylic acids is 2. The lowest BCUT2D eigenvalue weighted by Crippen LogP contribution is -2.30. The van der Waals surface area contributed by atoms with Crippen molar-refractivity contribution in [2.75, 3.05) is 5.32 Å². The van der Waals surface area contributed by atoms with Gasteiger partial charge in [-0.2, -0.15) is 0 Å². The molecule has 1 unspecified atom stereocenters. The van der Waals surface area contributed by atoms with E-state index in [4.69, 9.17) is 4.74 Å². The van der Waals surface area contributed by atoms with Crippen LogP contribution in [0.15, 0.2) is 59.5 Å². The quantitative estimate of drug-likeness (QED) is 0.253. The van der Waals surface area contributed by atoms with Crippen LogP contribution in [-0.2, 0) is 24.3 Å². The van der Waals surface area contributed by atoms with Gasteiger partial charge in [0, 0.05) is 29.9 Å². The van der Waals surface area contributed by atoms with E-state index in [-0.39, 0.29) is 16.6 Å². The summed E-state index contributed by atoms with van der Waals surface area (Å²) in [6, 6.07) is 10.9. The van der Waals surface area contributed by atoms with Gasteiger partial charge in [0.15, 0.2) is 6.10 Å². The number of esters is 1. The third-order valence-electron chi connectivity index (χ3n) is 3.98. The number of nitro groups is 1. The molecule has 0 saturated carbocycles. The summed E-state index contributed by atoms with van der Waals surface area (Å²) in [5.41, 5.74) is 0.635. The molecule has 0 saturated heterocycles. The molecule has 32 heavy (non-hydrogen) atoms. The van der Waals surface area contributed by atoms with Crippen molar-refractivity contribution >= 4 is 39.4 Å². The topological polar surface area (TPSA) is 145 Å². The van der Waals surface area contributed by atoms with Gasteiger partial charge in [0.05, 0.1) is 9.82 Å². The van der Waals surface area contributed by atoms with E-state index in [1.165, 1.54) is 55.5 Å². The first-order chi connectivity index (χ1) is 15.0. The van der Waals surface area contributed by atoms with Crippen LogP contribution in [-0.4, -0.2) is 37.4 Å². The third-order valence-corrected chi connectivity index (χ3v) is 5.65. The Hall–Kier alpha value is -3.57. The fourth-order valence-corrected chi connectivity index (χ4v) is 3.76. The van der Waals surface area contributed by atoms with E-state index < -0.39 is 32.9 Å². The third kappa shape index (κ3) is 7.29. The minimum absolute atomic E-state index is 0.0509. The number of hydrogen-bond acceptors (Lipinski definition) is 7. The van der Waals surface area contributed by atoms with E-state index >= 15 is 0 Å². The first-order valence-corrected chi connectivity index (χ1v) is 11.0. The Morgan fingerprint density at radius 2 is 1.75 bits per heavy atom. The van der Waals surface area contributed by atoms with Crippen molar-refractivity contribution in [3.05, 3.63) is 70.3 Å². The van der Waals surface area contributed by atoms with Gasteiger partial charge in [-0.15, -0.1) is 0 Å². The maximum Gasteiger partial charge on any atom is 0.331 e. The molecule has 2 N–H and O–H groups in total. The van der Waals surface area contributed by atoms with Gasteiger partial charge in [-0.25, -0.2) is 17.9 Å². The Morgan fingerprint density at radius 3 is 2.34 bits per heavy atom. The summed E-state index contributed by atoms with van der Waals surface area (Å²) >= 11 is 0. The number of ether oxygens (including phenoxy) is 1. The fourth-order valence-electron chi connectivity index (χ4n) is 2.51. The predicted molar refractivity (Wildman–Crippen MR) is 118 cm³/mol. The van der Waals surface area contributed by atoms with Crippen molar-refractivity contribution in [2.45, 2.75) is 37.8 Å². The highest BCUT2D eigenvalue weighted by atomic mass is 32.2. The lowest BCUT2D eigenvalue weighted by atomic mass is 10.2. The molecule has 1 amide bonds. The van der Waals surface area contributed by atoms with E-state index in [2.05, 4.69) is 10.0 Å². The van der Waals surface area contributed by atoms with Crippen LogP contribution in [0.25, 0.3) is 6.08 Å². The average molecular weight is 461 g/mol. The number of rotatable bonds is 9. The highest BCUT2D eigenvalue weighted by Gasteiger charge is 2.18. The van der Waals surface area contributed by atoms with Crippen molar-refractivity contribution < 1.29 is 27.7 Å². The minimum atomic E-state index is -3.65. The van der Waals surface area contributed by atoms with Crippen LogP contribution in [0.5, 0.6) is 0 Å². The van der Waals surface area contributed by atoms with Crippen molar-refractivity contribution in [3.8, 4) is 0 Å². The number of sulfonamides is 1. The van der Waals surface area contributed by atoms with E-state index in [1.807, 2.05) is 0 Å². The Bertz CT molecular complexity index is 1130. The molecular formula is C21H23N3O7S. The smallest absolute Gasteiger partial charge is 0.331 e. The monoisotopic (exact) mass is 461 g/mol. The van der Waals surface area contributed by atoms with Gasteiger partial charge in [-0.05, 0) is 56.7 Å². The largest absolute Gasteiger partial charge is 0.449 e. The van der Waals surface area contributed by atoms with Gasteiger partial charge in [-0.3, -0.25) is 14.9 Å². The number of carbonyl (C=O) groups is 2. The molecule has 0 bridgehead atoms. The number of nitrogens with one attached hydrogen (secondary N) is 2. The number of benzene rings is 2. The second-order valence-corrected chi connectivity index (χ2v) is 8.77. The van der Waals surface area contributed by atoms with Crippen molar-refractivity contribution in [1.29, 1.82) is 0 Å². The summed E-state index contributed by atoms with van der Waals surface area (Å²) in [7, 11) is -3.65. The maximum atomic E-state index is 12.3. The first kappa shape index (κ1) is 24.7. The van der Waals surface area contributed by atoms with Crippen LogP contribution in [0.3, 0.4) is 0 Å². The van der Waals surface area contributed by atoms with E-state index in [0.717, 1.165) is 6.08 Å². The second kappa shape index (κ2) is 10.6. The zero-order chi connectivity index (χ0) is 23.9. The fraction of sp³-hybridized carbons (Fsp3) is 0.238. The standard InChI is InChI=1S/C21H23N3O7S/c1-14(2)23-32(29,30)19-10-8-17(9-11-19)22-21(26)15(3)31-20(25)12-7-16-5-4-6-18(13-16)24(27)28/h4-15,23H,1-3H3,(H,22,26)/b12-7+. The maximum absolute atomic E-state index is 12.3. The molecule has 0 aromatic heterocycles. The van der Waals surface area contributed by atoms with Crippen LogP contribution < -0.4 is 10.0 Å². The van der Waals surface area contributed by atoms with E-state index in [9.17, 15) is 28.1 Å². The Morgan fingerprint density at radius 1 is 1.09 bits per heavy atom. The van der Waals surface area contributed by atoms with Gasteiger partial charge in [-0.1, -0.05) is 12.1 Å². The molecule has 2 rings (SSSR count). The summed E-state index contributed by atoms with van der Waals surface area (Å²) in [4.78, 5) is 34.5. The van der Waals surface area contributed by atoms with E-state index in [0.29, 0.717) is 11.3 Å². The van der Waals surface area contributed by atoms with Gasteiger partial charge < -0.3 is 10.1 Å². The molecule has 10 nitrogen and oxygen atoms in total. The lowest BCUT2D eigenvalue weighted by Gasteiger charge is -2.13. The summed E-state index contributed by atoms with van der Waals surface area (Å²) in [6.07, 6.45) is 1.26. The molecular weight excluding hydrogens is 438 g/mol. The molecule has 11 heteroatoms. The number of non-ortho nitro benzene ring substituents is 1. The van der Waals surface area contributed by atoms with Crippen molar-refractivity contribution in [2.24, 2.45) is 0 Å². The molecule has 0 spiro atoms. The zero-order valence-corrected chi connectivity index (χ0v) is 18.5. The number of anilines is 1. The SMILES string of the molecule is CC(C)NS(=O)(=O)c1ccc(NC(=O)C(C)OC(=O)/C=C/c2cccc([N+](=O)[O-])c2)cc1. The Labute approximate surface area is 185 Å². The highest BCUT2D eigenvalue weighted by molar-refractivity contribution is 7.89. The lowest BCUT2D eigenvalue weighted by molar-refractivity contribution is -0.384. The number of nitrogens with zero attached hydrogens (tertiary/aromatic N) is 1. The molecule has 2 aromatic carbocycles.